The normalized spacial score (nSPS) is 13.0. The molecule has 0 radical (unpaired) electrons. The third kappa shape index (κ3) is 10.2. The maximum atomic E-state index is 11.2. The molecule has 0 aliphatic carbocycles. The van der Waals surface area contributed by atoms with Crippen LogP contribution in [0.15, 0.2) is 158 Å². The molecule has 8 heteroatoms. The average Bonchev–Trinajstić information content (AvgIpc) is 3.27. The highest BCUT2D eigenvalue weighted by atomic mass is 31.2. The highest BCUT2D eigenvalue weighted by Crippen LogP contribution is 2.48. The molecule has 0 amide bonds. The van der Waals surface area contributed by atoms with Crippen molar-refractivity contribution in [2.24, 2.45) is 5.41 Å². The number of hydrogen-bond donors (Lipinski definition) is 6. The fourth-order valence-electron chi connectivity index (χ4n) is 8.33. The molecule has 322 valence electrons. The van der Waals surface area contributed by atoms with Gasteiger partial charge in [-0.2, -0.15) is 0 Å². The Morgan fingerprint density at radius 2 is 0.721 bits per heavy atom. The summed E-state index contributed by atoms with van der Waals surface area (Å²) in [5, 5.41) is 33.6. The molecule has 0 spiro atoms. The first-order valence-electron chi connectivity index (χ1n) is 20.7. The monoisotopic (exact) mass is 842 g/mol. The fourth-order valence-corrected chi connectivity index (χ4v) is 8.33. The van der Waals surface area contributed by atoms with Crippen LogP contribution in [0.5, 0.6) is 5.75 Å². The van der Waals surface area contributed by atoms with E-state index in [1.165, 1.54) is 11.1 Å². The molecular formula is C53H63O7P. The summed E-state index contributed by atoms with van der Waals surface area (Å²) in [5.41, 5.74) is 6.49. The van der Waals surface area contributed by atoms with E-state index in [9.17, 15) is 15.3 Å². The largest absolute Gasteiger partial charge is 0.485 e. The van der Waals surface area contributed by atoms with E-state index < -0.39 is 50.8 Å². The summed E-state index contributed by atoms with van der Waals surface area (Å²) in [6.45, 7) is 16.3. The highest BCUT2D eigenvalue weighted by molar-refractivity contribution is 7.38. The minimum Gasteiger partial charge on any atom is -0.485 e. The summed E-state index contributed by atoms with van der Waals surface area (Å²) in [5.74, 6) is 0.623. The van der Waals surface area contributed by atoms with Crippen molar-refractivity contribution in [3.63, 3.8) is 0 Å². The van der Waals surface area contributed by atoms with Gasteiger partial charge in [-0.15, -0.1) is 0 Å². The second kappa shape index (κ2) is 19.6. The first kappa shape index (κ1) is 47.4. The second-order valence-electron chi connectivity index (χ2n) is 18.1. The van der Waals surface area contributed by atoms with Gasteiger partial charge in [-0.1, -0.05) is 207 Å². The third-order valence-electron chi connectivity index (χ3n) is 12.8. The molecule has 0 aliphatic heterocycles. The molecule has 6 aromatic rings. The van der Waals surface area contributed by atoms with Crippen LogP contribution in [0.2, 0.25) is 0 Å². The van der Waals surface area contributed by atoms with Crippen molar-refractivity contribution < 1.29 is 34.7 Å². The van der Waals surface area contributed by atoms with Crippen molar-refractivity contribution >= 4 is 8.60 Å². The summed E-state index contributed by atoms with van der Waals surface area (Å²) < 4.78 is 7.35. The van der Waals surface area contributed by atoms with Crippen LogP contribution in [0.1, 0.15) is 112 Å². The number of aliphatic hydroxyl groups excluding tert-OH is 3. The molecule has 1 atom stereocenters. The van der Waals surface area contributed by atoms with Gasteiger partial charge in [-0.3, -0.25) is 0 Å². The molecule has 0 fully saturated rings. The van der Waals surface area contributed by atoms with E-state index in [1.807, 2.05) is 30.3 Å². The maximum absolute atomic E-state index is 11.2. The van der Waals surface area contributed by atoms with E-state index in [0.717, 1.165) is 38.9 Å². The van der Waals surface area contributed by atoms with Crippen LogP contribution in [0.4, 0.5) is 0 Å². The van der Waals surface area contributed by atoms with Gasteiger partial charge in [0.2, 0.25) is 0 Å². The number of hydrogen-bond acceptors (Lipinski definition) is 7. The topological polar surface area (TPSA) is 131 Å². The summed E-state index contributed by atoms with van der Waals surface area (Å²) >= 11 is 0. The van der Waals surface area contributed by atoms with Crippen molar-refractivity contribution in [2.45, 2.75) is 83.2 Å². The van der Waals surface area contributed by atoms with Crippen molar-refractivity contribution in [2.75, 3.05) is 19.8 Å². The van der Waals surface area contributed by atoms with Gasteiger partial charge in [-0.25, -0.2) is 0 Å². The molecule has 61 heavy (non-hydrogen) atoms. The van der Waals surface area contributed by atoms with Crippen LogP contribution in [0.3, 0.4) is 0 Å². The number of rotatable bonds is 15. The van der Waals surface area contributed by atoms with Crippen molar-refractivity contribution in [1.29, 1.82) is 0 Å². The predicted molar refractivity (Wildman–Crippen MR) is 248 cm³/mol. The van der Waals surface area contributed by atoms with Crippen LogP contribution in [-0.4, -0.2) is 49.8 Å². The summed E-state index contributed by atoms with van der Waals surface area (Å²) in [4.78, 5) is 21.7. The van der Waals surface area contributed by atoms with E-state index in [-0.39, 0.29) is 10.8 Å². The number of benzene rings is 6. The van der Waals surface area contributed by atoms with Crippen molar-refractivity contribution in [3.8, 4) is 5.75 Å². The molecule has 0 saturated carbocycles. The molecule has 0 bridgehead atoms. The third-order valence-corrected chi connectivity index (χ3v) is 12.8. The Bertz CT molecular complexity index is 2280. The first-order valence-corrected chi connectivity index (χ1v) is 21.9. The minimum absolute atomic E-state index is 0.319. The molecule has 6 aromatic carbocycles. The van der Waals surface area contributed by atoms with Gasteiger partial charge in [0.05, 0.1) is 25.2 Å². The van der Waals surface area contributed by atoms with Gasteiger partial charge in [0.15, 0.2) is 0 Å². The van der Waals surface area contributed by atoms with Crippen molar-refractivity contribution in [3.05, 3.63) is 208 Å². The molecule has 0 aliphatic rings. The minimum atomic E-state index is -2.62. The fraction of sp³-hybridized carbons (Fsp3) is 0.321. The summed E-state index contributed by atoms with van der Waals surface area (Å²) in [7, 11) is -2.62. The lowest BCUT2D eigenvalue weighted by atomic mass is 9.68. The lowest BCUT2D eigenvalue weighted by molar-refractivity contribution is -0.0751. The van der Waals surface area contributed by atoms with Gasteiger partial charge < -0.3 is 34.7 Å². The summed E-state index contributed by atoms with van der Waals surface area (Å²) in [6, 6.07) is 54.8. The molecule has 7 nitrogen and oxygen atoms in total. The average molecular weight is 843 g/mol. The number of ether oxygens (including phenoxy) is 1. The Labute approximate surface area is 364 Å². The van der Waals surface area contributed by atoms with Crippen molar-refractivity contribution in [1.82, 2.24) is 0 Å². The Balaban J connectivity index is 0.00000168. The molecule has 0 saturated heterocycles. The molecule has 1 unspecified atom stereocenters. The summed E-state index contributed by atoms with van der Waals surface area (Å²) in [6.07, 6.45) is -0.942. The van der Waals surface area contributed by atoms with Crippen LogP contribution < -0.4 is 4.74 Å². The van der Waals surface area contributed by atoms with Crippen LogP contribution in [0, 0.1) is 5.41 Å². The smallest absolute Gasteiger partial charge is 0.324 e. The van der Waals surface area contributed by atoms with E-state index in [0.29, 0.717) is 5.75 Å². The maximum Gasteiger partial charge on any atom is 0.324 e. The van der Waals surface area contributed by atoms with Crippen LogP contribution in [-0.2, 0) is 21.7 Å². The lowest BCUT2D eigenvalue weighted by Crippen LogP contribution is -2.44. The SMILES string of the molecule is CC(C)(c1ccccc1)c1ccc(OC(c2ccc(C(C)(C)c3ccccc3)cc2C(C)(C)c2ccccc2)C(CO)(CO)CO)c(C(C)(C)c2ccccc2)c1.OP(O)O. The predicted octanol–water partition coefficient (Wildman–Crippen LogP) is 10.3. The standard InChI is InChI=1S/C53H60O4.H3O3P/c1-49(2,38-21-13-9-14-22-38)42-29-31-44(45(33-42)51(5,6)40-25-17-11-18-26-40)48(53(35-54,36-55)37-56)57-47-32-30-43(50(3,4)39-23-15-10-16-24-39)34-46(47)52(7,8)41-27-19-12-20-28-41;1-4(2)3/h9-34,48,54-56H,35-37H2,1-8H3;1-3H. The van der Waals surface area contributed by atoms with Gasteiger partial charge in [0.1, 0.15) is 11.9 Å². The van der Waals surface area contributed by atoms with Crippen LogP contribution >= 0.6 is 8.60 Å². The van der Waals surface area contributed by atoms with E-state index >= 15 is 0 Å². The van der Waals surface area contributed by atoms with Gasteiger partial charge in [-0.05, 0) is 50.6 Å². The Morgan fingerprint density at radius 1 is 0.410 bits per heavy atom. The lowest BCUT2D eigenvalue weighted by Gasteiger charge is -2.41. The van der Waals surface area contributed by atoms with Gasteiger partial charge in [0.25, 0.3) is 0 Å². The zero-order valence-electron chi connectivity index (χ0n) is 36.7. The Morgan fingerprint density at radius 3 is 1.08 bits per heavy atom. The van der Waals surface area contributed by atoms with E-state index in [2.05, 4.69) is 183 Å². The molecule has 6 N–H and O–H groups in total. The van der Waals surface area contributed by atoms with Gasteiger partial charge >= 0.3 is 8.60 Å². The molecular weight excluding hydrogens is 780 g/mol. The first-order chi connectivity index (χ1) is 28.9. The van der Waals surface area contributed by atoms with E-state index in [4.69, 9.17) is 19.4 Å². The highest BCUT2D eigenvalue weighted by Gasteiger charge is 2.45. The molecule has 0 aromatic heterocycles. The van der Waals surface area contributed by atoms with Crippen LogP contribution in [0.25, 0.3) is 0 Å². The van der Waals surface area contributed by atoms with E-state index in [1.54, 1.807) is 0 Å². The number of aliphatic hydroxyl groups is 3. The second-order valence-corrected chi connectivity index (χ2v) is 18.6. The Kier molecular flexibility index (Phi) is 15.2. The Hall–Kier alpha value is -4.69. The zero-order valence-corrected chi connectivity index (χ0v) is 37.6. The zero-order chi connectivity index (χ0) is 44.6. The quantitative estimate of drug-likeness (QED) is 0.0568. The molecule has 0 heterocycles. The van der Waals surface area contributed by atoms with Gasteiger partial charge in [0, 0.05) is 27.2 Å². The molecule has 6 rings (SSSR count).